The van der Waals surface area contributed by atoms with Crippen molar-refractivity contribution in [1.29, 1.82) is 0 Å². The molecule has 0 aliphatic heterocycles. The lowest BCUT2D eigenvalue weighted by atomic mass is 10.1. The number of nitrogens with zero attached hydrogens (tertiary/aromatic N) is 1. The second-order valence-corrected chi connectivity index (χ2v) is 7.62. The number of benzene rings is 1. The Labute approximate surface area is 167 Å². The van der Waals surface area contributed by atoms with Crippen molar-refractivity contribution in [3.8, 4) is 5.75 Å². The van der Waals surface area contributed by atoms with Crippen LogP contribution in [0.1, 0.15) is 57.8 Å². The molecule has 0 spiro atoms. The summed E-state index contributed by atoms with van der Waals surface area (Å²) in [6.45, 7) is 10.4. The number of rotatable bonds is 10. The van der Waals surface area contributed by atoms with Gasteiger partial charge in [-0.05, 0) is 58.4 Å². The van der Waals surface area contributed by atoms with E-state index in [1.165, 1.54) is 4.90 Å². The van der Waals surface area contributed by atoms with E-state index in [0.29, 0.717) is 24.5 Å². The molecule has 0 saturated carbocycles. The van der Waals surface area contributed by atoms with Crippen LogP contribution in [-0.4, -0.2) is 54.4 Å². The molecule has 7 heteroatoms. The van der Waals surface area contributed by atoms with Crippen molar-refractivity contribution in [2.75, 3.05) is 26.2 Å². The smallest absolute Gasteiger partial charge is 0.251 e. The molecule has 0 fully saturated rings. The third kappa shape index (κ3) is 8.88. The number of likely N-dealkylation sites (N-methyl/N-ethyl adjacent to an activating group) is 1. The number of ether oxygens (including phenoxy) is 1. The second kappa shape index (κ2) is 11.3. The minimum Gasteiger partial charge on any atom is -0.494 e. The molecule has 0 aromatic heterocycles. The fourth-order valence-electron chi connectivity index (χ4n) is 2.41. The normalized spacial score (nSPS) is 10.9. The Kier molecular flexibility index (Phi) is 9.48. The Morgan fingerprint density at radius 2 is 1.71 bits per heavy atom. The molecule has 0 aliphatic carbocycles. The van der Waals surface area contributed by atoms with Gasteiger partial charge in [0.25, 0.3) is 5.91 Å². The average molecular weight is 392 g/mol. The highest BCUT2D eigenvalue weighted by Gasteiger charge is 2.19. The Bertz CT molecular complexity index is 651. The summed E-state index contributed by atoms with van der Waals surface area (Å²) in [7, 11) is 0. The zero-order valence-electron chi connectivity index (χ0n) is 17.6. The van der Waals surface area contributed by atoms with Gasteiger partial charge in [-0.25, -0.2) is 0 Å². The van der Waals surface area contributed by atoms with Crippen LogP contribution in [0.25, 0.3) is 0 Å². The van der Waals surface area contributed by atoms with Gasteiger partial charge >= 0.3 is 0 Å². The van der Waals surface area contributed by atoms with Crippen LogP contribution in [-0.2, 0) is 9.59 Å². The van der Waals surface area contributed by atoms with Gasteiger partial charge in [-0.15, -0.1) is 0 Å². The van der Waals surface area contributed by atoms with Gasteiger partial charge in [0, 0.05) is 17.6 Å². The Hall–Kier alpha value is -2.57. The van der Waals surface area contributed by atoms with Gasteiger partial charge in [-0.3, -0.25) is 14.4 Å². The van der Waals surface area contributed by atoms with Crippen molar-refractivity contribution in [3.63, 3.8) is 0 Å². The van der Waals surface area contributed by atoms with Crippen LogP contribution in [0.2, 0.25) is 0 Å². The molecular formula is C21H33N3O4. The second-order valence-electron chi connectivity index (χ2n) is 7.62. The number of carbonyl (C=O) groups excluding carboxylic acids is 3. The molecule has 3 amide bonds. The van der Waals surface area contributed by atoms with Crippen molar-refractivity contribution in [1.82, 2.24) is 15.5 Å². The number of carbonyl (C=O) groups is 3. The molecule has 0 heterocycles. The lowest BCUT2D eigenvalue weighted by molar-refractivity contribution is -0.135. The Balaban J connectivity index is 2.51. The topological polar surface area (TPSA) is 87.7 Å². The molecule has 0 atom stereocenters. The van der Waals surface area contributed by atoms with Crippen molar-refractivity contribution in [2.24, 2.45) is 0 Å². The Morgan fingerprint density at radius 3 is 2.25 bits per heavy atom. The summed E-state index contributed by atoms with van der Waals surface area (Å²) in [4.78, 5) is 38.0. The quantitative estimate of drug-likeness (QED) is 0.600. The number of unbranched alkanes of at least 4 members (excludes halogenated alkanes) is 1. The van der Waals surface area contributed by atoms with Crippen LogP contribution in [0.5, 0.6) is 5.75 Å². The van der Waals surface area contributed by atoms with Crippen LogP contribution >= 0.6 is 0 Å². The van der Waals surface area contributed by atoms with Gasteiger partial charge in [-0.2, -0.15) is 0 Å². The molecule has 7 nitrogen and oxygen atoms in total. The van der Waals surface area contributed by atoms with Gasteiger partial charge in [0.05, 0.1) is 19.7 Å². The lowest BCUT2D eigenvalue weighted by Crippen LogP contribution is -2.49. The van der Waals surface area contributed by atoms with Crippen molar-refractivity contribution in [3.05, 3.63) is 29.8 Å². The minimum atomic E-state index is -0.361. The highest BCUT2D eigenvalue weighted by molar-refractivity contribution is 5.97. The maximum atomic E-state index is 12.3. The standard InChI is InChI=1S/C21H33N3O4/c1-6-8-13-28-17-11-9-16(10-12-17)20(27)22-14-19(26)24(7-2)15-18(25)23-21(3,4)5/h9-12H,6-8,13-15H2,1-5H3,(H,22,27)(H,23,25). The maximum absolute atomic E-state index is 12.3. The van der Waals surface area contributed by atoms with Gasteiger partial charge in [0.2, 0.25) is 11.8 Å². The Morgan fingerprint density at radius 1 is 1.07 bits per heavy atom. The first kappa shape index (κ1) is 23.5. The van der Waals surface area contributed by atoms with Gasteiger partial charge in [-0.1, -0.05) is 13.3 Å². The number of hydrogen-bond acceptors (Lipinski definition) is 4. The van der Waals surface area contributed by atoms with Crippen LogP contribution < -0.4 is 15.4 Å². The van der Waals surface area contributed by atoms with E-state index in [1.807, 2.05) is 20.8 Å². The summed E-state index contributed by atoms with van der Waals surface area (Å²) >= 11 is 0. The highest BCUT2D eigenvalue weighted by atomic mass is 16.5. The molecule has 0 saturated heterocycles. The molecule has 0 aliphatic rings. The van der Waals surface area contributed by atoms with Crippen LogP contribution in [0.4, 0.5) is 0 Å². The zero-order chi connectivity index (χ0) is 21.2. The van der Waals surface area contributed by atoms with E-state index < -0.39 is 0 Å². The molecule has 1 aromatic rings. The molecule has 0 bridgehead atoms. The zero-order valence-corrected chi connectivity index (χ0v) is 17.6. The number of amides is 3. The van der Waals surface area contributed by atoms with Gasteiger partial charge in [0.1, 0.15) is 5.75 Å². The fourth-order valence-corrected chi connectivity index (χ4v) is 2.41. The SMILES string of the molecule is CCCCOc1ccc(C(=O)NCC(=O)N(CC)CC(=O)NC(C)(C)C)cc1. The maximum Gasteiger partial charge on any atom is 0.251 e. The first-order valence-corrected chi connectivity index (χ1v) is 9.76. The molecule has 1 rings (SSSR count). The molecule has 156 valence electrons. The van der Waals surface area contributed by atoms with Crippen LogP contribution in [0.3, 0.4) is 0 Å². The van der Waals surface area contributed by atoms with Crippen molar-refractivity contribution < 1.29 is 19.1 Å². The fraction of sp³-hybridized carbons (Fsp3) is 0.571. The van der Waals surface area contributed by atoms with E-state index >= 15 is 0 Å². The molecule has 0 radical (unpaired) electrons. The van der Waals surface area contributed by atoms with Crippen LogP contribution in [0, 0.1) is 0 Å². The summed E-state index contributed by atoms with van der Waals surface area (Å²) in [5, 5.41) is 5.43. The first-order chi connectivity index (χ1) is 13.2. The molecule has 1 aromatic carbocycles. The van der Waals surface area contributed by atoms with E-state index in [1.54, 1.807) is 31.2 Å². The van der Waals surface area contributed by atoms with E-state index in [9.17, 15) is 14.4 Å². The lowest BCUT2D eigenvalue weighted by Gasteiger charge is -2.25. The summed E-state index contributed by atoms with van der Waals surface area (Å²) in [6, 6.07) is 6.80. The molecule has 2 N–H and O–H groups in total. The number of hydrogen-bond donors (Lipinski definition) is 2. The molecule has 28 heavy (non-hydrogen) atoms. The van der Waals surface area contributed by atoms with Gasteiger partial charge in [0.15, 0.2) is 0 Å². The monoisotopic (exact) mass is 391 g/mol. The van der Waals surface area contributed by atoms with E-state index in [2.05, 4.69) is 17.6 Å². The predicted octanol–water partition coefficient (Wildman–Crippen LogP) is 2.36. The molecule has 0 unspecified atom stereocenters. The largest absolute Gasteiger partial charge is 0.494 e. The summed E-state index contributed by atoms with van der Waals surface area (Å²) in [5.74, 6) is -0.168. The summed E-state index contributed by atoms with van der Waals surface area (Å²) < 4.78 is 5.57. The van der Waals surface area contributed by atoms with E-state index in [0.717, 1.165) is 12.8 Å². The first-order valence-electron chi connectivity index (χ1n) is 9.76. The average Bonchev–Trinajstić information content (AvgIpc) is 2.63. The third-order valence-electron chi connectivity index (χ3n) is 3.87. The van der Waals surface area contributed by atoms with Crippen molar-refractivity contribution >= 4 is 17.7 Å². The van der Waals surface area contributed by atoms with E-state index in [-0.39, 0.29) is 36.3 Å². The summed E-state index contributed by atoms with van der Waals surface area (Å²) in [5.41, 5.74) is 0.0874. The minimum absolute atomic E-state index is 0.0354. The number of nitrogens with one attached hydrogen (secondary N) is 2. The summed E-state index contributed by atoms with van der Waals surface area (Å²) in [6.07, 6.45) is 2.03. The highest BCUT2D eigenvalue weighted by Crippen LogP contribution is 2.12. The predicted molar refractivity (Wildman–Crippen MR) is 109 cm³/mol. The van der Waals surface area contributed by atoms with Gasteiger partial charge < -0.3 is 20.3 Å². The van der Waals surface area contributed by atoms with Crippen LogP contribution in [0.15, 0.2) is 24.3 Å². The molecular weight excluding hydrogens is 358 g/mol. The van der Waals surface area contributed by atoms with Crippen molar-refractivity contribution in [2.45, 2.75) is 53.0 Å². The van der Waals surface area contributed by atoms with E-state index in [4.69, 9.17) is 4.74 Å². The third-order valence-corrected chi connectivity index (χ3v) is 3.87.